The third kappa shape index (κ3) is 4.71. The van der Waals surface area contributed by atoms with Gasteiger partial charge in [0.2, 0.25) is 0 Å². The van der Waals surface area contributed by atoms with Crippen LogP contribution in [0, 0.1) is 0 Å². The van der Waals surface area contributed by atoms with Gasteiger partial charge in [-0.25, -0.2) is 0 Å². The van der Waals surface area contributed by atoms with Gasteiger partial charge in [0.1, 0.15) is 0 Å². The molecule has 1 amide bonds. The van der Waals surface area contributed by atoms with Crippen LogP contribution in [0.4, 0.5) is 5.69 Å². The number of halogens is 1. The minimum atomic E-state index is -0.0146. The molecule has 122 valence electrons. The number of nitrogens with zero attached hydrogens (tertiary/aromatic N) is 1. The smallest absolute Gasteiger partial charge is 0.251 e. The minimum Gasteiger partial charge on any atom is -0.369 e. The molecule has 1 atom stereocenters. The van der Waals surface area contributed by atoms with Gasteiger partial charge in [-0.1, -0.05) is 36.4 Å². The van der Waals surface area contributed by atoms with Crippen molar-refractivity contribution in [2.75, 3.05) is 31.1 Å². The molecule has 0 aliphatic carbocycles. The Morgan fingerprint density at radius 3 is 2.43 bits per heavy atom. The predicted molar refractivity (Wildman–Crippen MR) is 96.5 cm³/mol. The number of nitrogens with one attached hydrogen (secondary N) is 2. The summed E-state index contributed by atoms with van der Waals surface area (Å²) in [6, 6.07) is 20.0. The van der Waals surface area contributed by atoms with Crippen LogP contribution < -0.4 is 15.5 Å². The summed E-state index contributed by atoms with van der Waals surface area (Å²) in [5.41, 5.74) is 1.95. The van der Waals surface area contributed by atoms with Crippen LogP contribution >= 0.6 is 12.4 Å². The molecule has 1 aliphatic rings. The van der Waals surface area contributed by atoms with E-state index in [2.05, 4.69) is 39.8 Å². The first-order chi connectivity index (χ1) is 10.8. The van der Waals surface area contributed by atoms with Crippen molar-refractivity contribution in [3.63, 3.8) is 0 Å². The van der Waals surface area contributed by atoms with Gasteiger partial charge in [0, 0.05) is 43.5 Å². The van der Waals surface area contributed by atoms with Crippen LogP contribution in [-0.4, -0.2) is 38.1 Å². The number of amides is 1. The van der Waals surface area contributed by atoms with Crippen molar-refractivity contribution in [2.45, 2.75) is 6.04 Å². The van der Waals surface area contributed by atoms with E-state index in [4.69, 9.17) is 0 Å². The Bertz CT molecular complexity index is 606. The Kier molecular flexibility index (Phi) is 6.44. The normalized spacial score (nSPS) is 17.2. The topological polar surface area (TPSA) is 44.4 Å². The largest absolute Gasteiger partial charge is 0.369 e. The molecule has 1 fully saturated rings. The van der Waals surface area contributed by atoms with E-state index in [1.165, 1.54) is 5.69 Å². The SMILES string of the molecule is Cl.O=C(NCC1CN(c2ccccc2)CCN1)c1ccccc1. The third-order valence-corrected chi connectivity index (χ3v) is 3.92. The van der Waals surface area contributed by atoms with E-state index in [1.807, 2.05) is 36.4 Å². The van der Waals surface area contributed by atoms with Gasteiger partial charge < -0.3 is 15.5 Å². The van der Waals surface area contributed by atoms with Gasteiger partial charge in [-0.3, -0.25) is 4.79 Å². The first-order valence-corrected chi connectivity index (χ1v) is 7.69. The lowest BCUT2D eigenvalue weighted by molar-refractivity contribution is 0.0949. The van der Waals surface area contributed by atoms with Gasteiger partial charge in [0.25, 0.3) is 5.91 Å². The number of anilines is 1. The zero-order valence-corrected chi connectivity index (χ0v) is 13.8. The maximum absolute atomic E-state index is 12.1. The highest BCUT2D eigenvalue weighted by Crippen LogP contribution is 2.14. The molecule has 0 aromatic heterocycles. The first kappa shape index (κ1) is 17.3. The monoisotopic (exact) mass is 331 g/mol. The summed E-state index contributed by atoms with van der Waals surface area (Å²) in [5.74, 6) is -0.0146. The first-order valence-electron chi connectivity index (χ1n) is 7.69. The van der Waals surface area contributed by atoms with Crippen LogP contribution in [0.5, 0.6) is 0 Å². The second-order valence-corrected chi connectivity index (χ2v) is 5.51. The molecule has 23 heavy (non-hydrogen) atoms. The fourth-order valence-corrected chi connectivity index (χ4v) is 2.74. The second-order valence-electron chi connectivity index (χ2n) is 5.51. The van der Waals surface area contributed by atoms with Gasteiger partial charge in [0.15, 0.2) is 0 Å². The average molecular weight is 332 g/mol. The van der Waals surface area contributed by atoms with E-state index in [0.717, 1.165) is 19.6 Å². The van der Waals surface area contributed by atoms with Gasteiger partial charge in [0.05, 0.1) is 0 Å². The zero-order valence-electron chi connectivity index (χ0n) is 12.9. The molecule has 1 aliphatic heterocycles. The number of carbonyl (C=O) groups excluding carboxylic acids is 1. The van der Waals surface area contributed by atoms with Gasteiger partial charge >= 0.3 is 0 Å². The lowest BCUT2D eigenvalue weighted by atomic mass is 10.1. The number of rotatable bonds is 4. The summed E-state index contributed by atoms with van der Waals surface area (Å²) in [5, 5.41) is 6.48. The number of hydrogen-bond acceptors (Lipinski definition) is 3. The van der Waals surface area contributed by atoms with Crippen molar-refractivity contribution in [3.05, 3.63) is 66.2 Å². The molecule has 0 spiro atoms. The molecule has 0 radical (unpaired) electrons. The summed E-state index contributed by atoms with van der Waals surface area (Å²) in [6.07, 6.45) is 0. The summed E-state index contributed by atoms with van der Waals surface area (Å²) in [6.45, 7) is 3.46. The zero-order chi connectivity index (χ0) is 15.2. The van der Waals surface area contributed by atoms with Crippen LogP contribution in [0.15, 0.2) is 60.7 Å². The molecular weight excluding hydrogens is 310 g/mol. The molecule has 4 nitrogen and oxygen atoms in total. The lowest BCUT2D eigenvalue weighted by Gasteiger charge is -2.35. The van der Waals surface area contributed by atoms with E-state index < -0.39 is 0 Å². The van der Waals surface area contributed by atoms with Crippen LogP contribution in [0.3, 0.4) is 0 Å². The summed E-state index contributed by atoms with van der Waals surface area (Å²) < 4.78 is 0. The van der Waals surface area contributed by atoms with Gasteiger partial charge in [-0.2, -0.15) is 0 Å². The molecule has 2 aromatic carbocycles. The van der Waals surface area contributed by atoms with E-state index in [9.17, 15) is 4.79 Å². The quantitative estimate of drug-likeness (QED) is 0.903. The second kappa shape index (κ2) is 8.56. The molecular formula is C18H22ClN3O. The fraction of sp³-hybridized carbons (Fsp3) is 0.278. The van der Waals surface area contributed by atoms with Crippen molar-refractivity contribution >= 4 is 24.0 Å². The van der Waals surface area contributed by atoms with E-state index in [0.29, 0.717) is 12.1 Å². The van der Waals surface area contributed by atoms with Crippen molar-refractivity contribution in [2.24, 2.45) is 0 Å². The highest BCUT2D eigenvalue weighted by atomic mass is 35.5. The summed E-state index contributed by atoms with van der Waals surface area (Å²) in [7, 11) is 0. The van der Waals surface area contributed by atoms with Crippen LogP contribution in [0.1, 0.15) is 10.4 Å². The molecule has 1 heterocycles. The van der Waals surface area contributed by atoms with E-state index in [1.54, 1.807) is 0 Å². The molecule has 0 saturated carbocycles. The Morgan fingerprint density at radius 2 is 1.74 bits per heavy atom. The molecule has 1 unspecified atom stereocenters. The number of hydrogen-bond donors (Lipinski definition) is 2. The summed E-state index contributed by atoms with van der Waals surface area (Å²) in [4.78, 5) is 14.4. The molecule has 0 bridgehead atoms. The van der Waals surface area contributed by atoms with Gasteiger partial charge in [-0.15, -0.1) is 12.4 Å². The molecule has 2 aromatic rings. The highest BCUT2D eigenvalue weighted by Gasteiger charge is 2.20. The number of para-hydroxylation sites is 1. The van der Waals surface area contributed by atoms with Crippen LogP contribution in [0.25, 0.3) is 0 Å². The maximum atomic E-state index is 12.1. The van der Waals surface area contributed by atoms with E-state index in [-0.39, 0.29) is 24.4 Å². The fourth-order valence-electron chi connectivity index (χ4n) is 2.74. The van der Waals surface area contributed by atoms with Gasteiger partial charge in [-0.05, 0) is 24.3 Å². The Morgan fingerprint density at radius 1 is 1.09 bits per heavy atom. The highest BCUT2D eigenvalue weighted by molar-refractivity contribution is 5.94. The number of piperazine rings is 1. The predicted octanol–water partition coefficient (Wildman–Crippen LogP) is 2.32. The van der Waals surface area contributed by atoms with Crippen molar-refractivity contribution < 1.29 is 4.79 Å². The number of carbonyl (C=O) groups is 1. The van der Waals surface area contributed by atoms with Crippen LogP contribution in [-0.2, 0) is 0 Å². The molecule has 1 saturated heterocycles. The van der Waals surface area contributed by atoms with Crippen molar-refractivity contribution in [1.29, 1.82) is 0 Å². The average Bonchev–Trinajstić information content (AvgIpc) is 2.61. The molecule has 2 N–H and O–H groups in total. The number of benzene rings is 2. The van der Waals surface area contributed by atoms with Crippen LogP contribution in [0.2, 0.25) is 0 Å². The van der Waals surface area contributed by atoms with Crippen molar-refractivity contribution in [3.8, 4) is 0 Å². The molecule has 5 heteroatoms. The van der Waals surface area contributed by atoms with E-state index >= 15 is 0 Å². The maximum Gasteiger partial charge on any atom is 0.251 e. The summed E-state index contributed by atoms with van der Waals surface area (Å²) >= 11 is 0. The standard InChI is InChI=1S/C18H21N3O.ClH/c22-18(15-7-3-1-4-8-15)20-13-16-14-21(12-11-19-16)17-9-5-2-6-10-17;/h1-10,16,19H,11-14H2,(H,20,22);1H. The Hall–Kier alpha value is -2.04. The Labute approximate surface area is 143 Å². The minimum absolute atomic E-state index is 0. The molecule has 3 rings (SSSR count). The lowest BCUT2D eigenvalue weighted by Crippen LogP contribution is -2.55. The van der Waals surface area contributed by atoms with Crippen molar-refractivity contribution in [1.82, 2.24) is 10.6 Å². The Balaban J connectivity index is 0.00000192. The third-order valence-electron chi connectivity index (χ3n) is 3.92.